The van der Waals surface area contributed by atoms with E-state index in [-0.39, 0.29) is 11.5 Å². The van der Waals surface area contributed by atoms with Gasteiger partial charge in [0.25, 0.3) is 0 Å². The molecular formula is C12H14BrNO3. The van der Waals surface area contributed by atoms with Crippen molar-refractivity contribution < 1.29 is 14.7 Å². The van der Waals surface area contributed by atoms with E-state index in [0.717, 1.165) is 18.2 Å². The number of carbonyl (C=O) groups is 2. The fraction of sp³-hybridized carbons (Fsp3) is 0.333. The molecule has 17 heavy (non-hydrogen) atoms. The number of alkyl halides is 1. The van der Waals surface area contributed by atoms with Crippen molar-refractivity contribution in [2.45, 2.75) is 19.3 Å². The molecular weight excluding hydrogens is 286 g/mol. The van der Waals surface area contributed by atoms with Gasteiger partial charge >= 0.3 is 5.97 Å². The first-order chi connectivity index (χ1) is 8.13. The fourth-order valence-electron chi connectivity index (χ4n) is 1.30. The number of hydrogen-bond acceptors (Lipinski definition) is 2. The minimum atomic E-state index is -0.972. The molecule has 1 aromatic rings. The summed E-state index contributed by atoms with van der Waals surface area (Å²) in [5, 5.41) is 12.3. The Morgan fingerprint density at radius 2 is 1.82 bits per heavy atom. The molecule has 0 atom stereocenters. The lowest BCUT2D eigenvalue weighted by Gasteiger charge is -2.04. The second kappa shape index (κ2) is 7.06. The van der Waals surface area contributed by atoms with Crippen molar-refractivity contribution in [1.29, 1.82) is 0 Å². The second-order valence-electron chi connectivity index (χ2n) is 3.58. The van der Waals surface area contributed by atoms with E-state index >= 15 is 0 Å². The number of halogens is 1. The van der Waals surface area contributed by atoms with Crippen LogP contribution in [0.1, 0.15) is 29.6 Å². The minimum absolute atomic E-state index is 0.0472. The minimum Gasteiger partial charge on any atom is -0.478 e. The monoisotopic (exact) mass is 299 g/mol. The summed E-state index contributed by atoms with van der Waals surface area (Å²) in [6.07, 6.45) is 2.28. The molecule has 0 bridgehead atoms. The van der Waals surface area contributed by atoms with Crippen LogP contribution in [0.2, 0.25) is 0 Å². The normalized spacial score (nSPS) is 9.94. The molecule has 1 amide bonds. The first-order valence-corrected chi connectivity index (χ1v) is 6.45. The molecule has 0 unspecified atom stereocenters. The molecule has 92 valence electrons. The predicted octanol–water partition coefficient (Wildman–Crippen LogP) is 2.89. The lowest BCUT2D eigenvalue weighted by molar-refractivity contribution is -0.116. The van der Waals surface area contributed by atoms with E-state index in [1.54, 1.807) is 12.1 Å². The molecule has 0 aromatic heterocycles. The average Bonchev–Trinajstić information content (AvgIpc) is 2.30. The Hall–Kier alpha value is -1.36. The molecule has 0 aliphatic heterocycles. The number of carboxylic acid groups (broad SMARTS) is 1. The van der Waals surface area contributed by atoms with E-state index in [9.17, 15) is 9.59 Å². The molecule has 5 heteroatoms. The van der Waals surface area contributed by atoms with Gasteiger partial charge in [-0.05, 0) is 37.1 Å². The summed E-state index contributed by atoms with van der Waals surface area (Å²) >= 11 is 3.30. The average molecular weight is 300 g/mol. The van der Waals surface area contributed by atoms with E-state index < -0.39 is 5.97 Å². The van der Waals surface area contributed by atoms with Gasteiger partial charge in [0.1, 0.15) is 0 Å². The molecule has 2 N–H and O–H groups in total. The zero-order valence-electron chi connectivity index (χ0n) is 9.28. The standard InChI is InChI=1S/C12H14BrNO3/c13-8-2-1-3-11(15)14-10-6-4-9(5-7-10)12(16)17/h4-7H,1-3,8H2,(H,14,15)(H,16,17). The molecule has 0 aliphatic carbocycles. The van der Waals surface area contributed by atoms with Crippen LogP contribution in [-0.2, 0) is 4.79 Å². The number of carboxylic acids is 1. The number of aromatic carboxylic acids is 1. The van der Waals surface area contributed by atoms with Gasteiger partial charge in [0.2, 0.25) is 5.91 Å². The van der Waals surface area contributed by atoms with Crippen molar-refractivity contribution in [1.82, 2.24) is 0 Å². The quantitative estimate of drug-likeness (QED) is 0.627. The Balaban J connectivity index is 2.46. The topological polar surface area (TPSA) is 66.4 Å². The summed E-state index contributed by atoms with van der Waals surface area (Å²) in [5.74, 6) is -1.02. The summed E-state index contributed by atoms with van der Waals surface area (Å²) in [4.78, 5) is 22.1. The van der Waals surface area contributed by atoms with Crippen molar-refractivity contribution in [2.24, 2.45) is 0 Å². The summed E-state index contributed by atoms with van der Waals surface area (Å²) in [6.45, 7) is 0. The number of nitrogens with one attached hydrogen (secondary N) is 1. The zero-order valence-corrected chi connectivity index (χ0v) is 10.9. The summed E-state index contributed by atoms with van der Waals surface area (Å²) in [6, 6.07) is 6.12. The molecule has 0 saturated carbocycles. The van der Waals surface area contributed by atoms with E-state index in [0.29, 0.717) is 12.1 Å². The third-order valence-corrected chi connectivity index (χ3v) is 2.76. The Morgan fingerprint density at radius 1 is 1.18 bits per heavy atom. The van der Waals surface area contributed by atoms with Gasteiger partial charge in [-0.2, -0.15) is 0 Å². The molecule has 0 aliphatic rings. The molecule has 1 aromatic carbocycles. The third-order valence-electron chi connectivity index (χ3n) is 2.20. The van der Waals surface area contributed by atoms with E-state index in [1.807, 2.05) is 0 Å². The van der Waals surface area contributed by atoms with Gasteiger partial charge in [0, 0.05) is 17.4 Å². The highest BCUT2D eigenvalue weighted by Crippen LogP contribution is 2.10. The molecule has 0 radical (unpaired) electrons. The lowest BCUT2D eigenvalue weighted by Crippen LogP contribution is -2.11. The van der Waals surface area contributed by atoms with Crippen molar-refractivity contribution in [3.63, 3.8) is 0 Å². The van der Waals surface area contributed by atoms with E-state index in [1.165, 1.54) is 12.1 Å². The lowest BCUT2D eigenvalue weighted by atomic mass is 10.2. The van der Waals surface area contributed by atoms with Gasteiger partial charge in [0.05, 0.1) is 5.56 Å². The molecule has 0 spiro atoms. The van der Waals surface area contributed by atoms with Gasteiger partial charge in [-0.1, -0.05) is 15.9 Å². The van der Waals surface area contributed by atoms with Gasteiger partial charge < -0.3 is 10.4 Å². The van der Waals surface area contributed by atoms with Crippen LogP contribution in [0.25, 0.3) is 0 Å². The highest BCUT2D eigenvalue weighted by Gasteiger charge is 2.04. The van der Waals surface area contributed by atoms with Crippen LogP contribution in [0.15, 0.2) is 24.3 Å². The highest BCUT2D eigenvalue weighted by molar-refractivity contribution is 9.09. The Morgan fingerprint density at radius 3 is 2.35 bits per heavy atom. The smallest absolute Gasteiger partial charge is 0.335 e. The van der Waals surface area contributed by atoms with Crippen LogP contribution in [0, 0.1) is 0 Å². The van der Waals surface area contributed by atoms with Crippen LogP contribution in [0.3, 0.4) is 0 Å². The number of carbonyl (C=O) groups excluding carboxylic acids is 1. The molecule has 4 nitrogen and oxygen atoms in total. The Bertz CT molecular complexity index is 389. The van der Waals surface area contributed by atoms with Crippen molar-refractivity contribution >= 4 is 33.5 Å². The number of anilines is 1. The molecule has 0 saturated heterocycles. The van der Waals surface area contributed by atoms with Crippen molar-refractivity contribution in [2.75, 3.05) is 10.6 Å². The van der Waals surface area contributed by atoms with Crippen LogP contribution >= 0.6 is 15.9 Å². The number of unbranched alkanes of at least 4 members (excludes halogenated alkanes) is 1. The number of hydrogen-bond donors (Lipinski definition) is 2. The maximum atomic E-state index is 11.5. The van der Waals surface area contributed by atoms with Crippen LogP contribution in [0.4, 0.5) is 5.69 Å². The molecule has 0 heterocycles. The third kappa shape index (κ3) is 4.99. The first kappa shape index (κ1) is 13.7. The SMILES string of the molecule is O=C(CCCCBr)Nc1ccc(C(=O)O)cc1. The molecule has 0 fully saturated rings. The zero-order chi connectivity index (χ0) is 12.7. The van der Waals surface area contributed by atoms with Crippen LogP contribution in [-0.4, -0.2) is 22.3 Å². The highest BCUT2D eigenvalue weighted by atomic mass is 79.9. The summed E-state index contributed by atoms with van der Waals surface area (Å²) in [7, 11) is 0. The van der Waals surface area contributed by atoms with Gasteiger partial charge in [-0.15, -0.1) is 0 Å². The summed E-state index contributed by atoms with van der Waals surface area (Å²) in [5.41, 5.74) is 0.834. The van der Waals surface area contributed by atoms with Gasteiger partial charge in [-0.25, -0.2) is 4.79 Å². The summed E-state index contributed by atoms with van der Waals surface area (Å²) < 4.78 is 0. The van der Waals surface area contributed by atoms with Crippen LogP contribution in [0.5, 0.6) is 0 Å². The van der Waals surface area contributed by atoms with Gasteiger partial charge in [0.15, 0.2) is 0 Å². The van der Waals surface area contributed by atoms with Crippen LogP contribution < -0.4 is 5.32 Å². The second-order valence-corrected chi connectivity index (χ2v) is 4.37. The number of amides is 1. The first-order valence-electron chi connectivity index (χ1n) is 5.32. The largest absolute Gasteiger partial charge is 0.478 e. The predicted molar refractivity (Wildman–Crippen MR) is 69.7 cm³/mol. The van der Waals surface area contributed by atoms with Gasteiger partial charge in [-0.3, -0.25) is 4.79 Å². The number of rotatable bonds is 6. The molecule has 1 rings (SSSR count). The van der Waals surface area contributed by atoms with Crippen molar-refractivity contribution in [3.05, 3.63) is 29.8 Å². The van der Waals surface area contributed by atoms with E-state index in [2.05, 4.69) is 21.2 Å². The Kier molecular flexibility index (Phi) is 5.69. The maximum Gasteiger partial charge on any atom is 0.335 e. The fourth-order valence-corrected chi connectivity index (χ4v) is 1.70. The van der Waals surface area contributed by atoms with E-state index in [4.69, 9.17) is 5.11 Å². The maximum absolute atomic E-state index is 11.5. The van der Waals surface area contributed by atoms with Crippen molar-refractivity contribution in [3.8, 4) is 0 Å². The number of benzene rings is 1. The Labute approximate surface area is 108 Å².